The third-order valence-corrected chi connectivity index (χ3v) is 4.83. The van der Waals surface area contributed by atoms with Crippen LogP contribution in [0, 0.1) is 24.0 Å². The molecule has 2 rings (SSSR count). The number of aryl methyl sites for hydroxylation is 1. The third kappa shape index (κ3) is 1.85. The quantitative estimate of drug-likeness (QED) is 0.864. The first-order valence-corrected chi connectivity index (χ1v) is 6.56. The predicted octanol–water partition coefficient (Wildman–Crippen LogP) is 3.76. The highest BCUT2D eigenvalue weighted by molar-refractivity contribution is 5.33. The van der Waals surface area contributed by atoms with Crippen LogP contribution >= 0.6 is 0 Å². The Morgan fingerprint density at radius 2 is 2.00 bits per heavy atom. The van der Waals surface area contributed by atoms with Crippen LogP contribution in [0.2, 0.25) is 0 Å². The van der Waals surface area contributed by atoms with Crippen molar-refractivity contribution in [3.05, 3.63) is 34.9 Å². The molecule has 3 atom stereocenters. The molecule has 0 bridgehead atoms. The Morgan fingerprint density at radius 1 is 1.33 bits per heavy atom. The van der Waals surface area contributed by atoms with Gasteiger partial charge >= 0.3 is 0 Å². The van der Waals surface area contributed by atoms with Gasteiger partial charge in [-0.3, -0.25) is 0 Å². The molecule has 0 aliphatic heterocycles. The second-order valence-electron chi connectivity index (χ2n) is 5.61. The summed E-state index contributed by atoms with van der Waals surface area (Å²) in [6.45, 7) is 5.86. The van der Waals surface area contributed by atoms with E-state index in [0.29, 0.717) is 17.2 Å². The van der Waals surface area contributed by atoms with E-state index in [0.717, 1.165) is 12.8 Å². The normalized spacial score (nSPS) is 31.2. The summed E-state index contributed by atoms with van der Waals surface area (Å²) in [4.78, 5) is 0. The number of hydrogen-bond donors (Lipinski definition) is 1. The number of hydrogen-bond acceptors (Lipinski definition) is 1. The van der Waals surface area contributed by atoms with Gasteiger partial charge in [0.1, 0.15) is 11.6 Å². The Balaban J connectivity index is 2.36. The molecule has 1 aromatic rings. The Labute approximate surface area is 108 Å². The second-order valence-corrected chi connectivity index (χ2v) is 5.61. The van der Waals surface area contributed by atoms with Crippen LogP contribution in [0.5, 0.6) is 0 Å². The molecular weight excluding hydrogens is 232 g/mol. The molecule has 1 aromatic carbocycles. The van der Waals surface area contributed by atoms with Crippen molar-refractivity contribution >= 4 is 0 Å². The van der Waals surface area contributed by atoms with Crippen molar-refractivity contribution in [3.8, 4) is 0 Å². The summed E-state index contributed by atoms with van der Waals surface area (Å²) in [5.74, 6) is -0.471. The molecule has 0 aromatic heterocycles. The zero-order chi connectivity index (χ0) is 13.5. The SMILES string of the molecule is CCC1(C)C(NC)CC1c1cc(F)c(C)cc1F. The summed E-state index contributed by atoms with van der Waals surface area (Å²) >= 11 is 0. The van der Waals surface area contributed by atoms with Gasteiger partial charge in [0.2, 0.25) is 0 Å². The molecule has 3 unspecified atom stereocenters. The van der Waals surface area contributed by atoms with Gasteiger partial charge in [-0.15, -0.1) is 0 Å². The highest BCUT2D eigenvalue weighted by atomic mass is 19.1. The van der Waals surface area contributed by atoms with E-state index in [4.69, 9.17) is 0 Å². The van der Waals surface area contributed by atoms with Gasteiger partial charge in [-0.25, -0.2) is 8.78 Å². The van der Waals surface area contributed by atoms with Crippen molar-refractivity contribution in [1.29, 1.82) is 0 Å². The van der Waals surface area contributed by atoms with E-state index in [1.165, 1.54) is 12.1 Å². The van der Waals surface area contributed by atoms with Crippen LogP contribution in [-0.4, -0.2) is 13.1 Å². The minimum atomic E-state index is -0.308. The van der Waals surface area contributed by atoms with Gasteiger partial charge in [-0.2, -0.15) is 0 Å². The van der Waals surface area contributed by atoms with Crippen LogP contribution in [0.4, 0.5) is 8.78 Å². The lowest BCUT2D eigenvalue weighted by Gasteiger charge is -2.54. The first-order chi connectivity index (χ1) is 8.43. The molecule has 1 fully saturated rings. The minimum absolute atomic E-state index is 0.0112. The van der Waals surface area contributed by atoms with E-state index in [1.807, 2.05) is 7.05 Å². The van der Waals surface area contributed by atoms with Gasteiger partial charge in [0.25, 0.3) is 0 Å². The average Bonchev–Trinajstić information content (AvgIpc) is 2.33. The van der Waals surface area contributed by atoms with Crippen molar-refractivity contribution in [2.24, 2.45) is 5.41 Å². The molecule has 1 aliphatic carbocycles. The second kappa shape index (κ2) is 4.61. The molecule has 1 aliphatic rings. The van der Waals surface area contributed by atoms with Crippen molar-refractivity contribution < 1.29 is 8.78 Å². The molecule has 0 amide bonds. The van der Waals surface area contributed by atoms with E-state index in [1.54, 1.807) is 6.92 Å². The third-order valence-electron chi connectivity index (χ3n) is 4.83. The molecule has 18 heavy (non-hydrogen) atoms. The first-order valence-electron chi connectivity index (χ1n) is 6.56. The molecule has 100 valence electrons. The molecular formula is C15H21F2N. The van der Waals surface area contributed by atoms with Gasteiger partial charge in [0, 0.05) is 6.04 Å². The Kier molecular flexibility index (Phi) is 3.45. The summed E-state index contributed by atoms with van der Waals surface area (Å²) in [6.07, 6.45) is 1.83. The molecule has 3 heteroatoms. The molecule has 0 radical (unpaired) electrons. The van der Waals surface area contributed by atoms with Crippen molar-refractivity contribution in [2.75, 3.05) is 7.05 Å². The van der Waals surface area contributed by atoms with E-state index in [-0.39, 0.29) is 23.0 Å². The fourth-order valence-corrected chi connectivity index (χ4v) is 3.21. The zero-order valence-corrected chi connectivity index (χ0v) is 11.5. The van der Waals surface area contributed by atoms with E-state index < -0.39 is 0 Å². The van der Waals surface area contributed by atoms with Crippen LogP contribution in [0.1, 0.15) is 43.7 Å². The lowest BCUT2D eigenvalue weighted by Crippen LogP contribution is -2.55. The average molecular weight is 253 g/mol. The van der Waals surface area contributed by atoms with Gasteiger partial charge in [0.15, 0.2) is 0 Å². The lowest BCUT2D eigenvalue weighted by molar-refractivity contribution is 0.0472. The summed E-state index contributed by atoms with van der Waals surface area (Å²) in [5, 5.41) is 3.27. The fourth-order valence-electron chi connectivity index (χ4n) is 3.21. The molecule has 1 nitrogen and oxygen atoms in total. The molecule has 1 saturated carbocycles. The van der Waals surface area contributed by atoms with Crippen LogP contribution in [0.15, 0.2) is 12.1 Å². The summed E-state index contributed by atoms with van der Waals surface area (Å²) in [5.41, 5.74) is 0.921. The van der Waals surface area contributed by atoms with Crippen molar-refractivity contribution in [3.63, 3.8) is 0 Å². The number of nitrogens with one attached hydrogen (secondary N) is 1. The summed E-state index contributed by atoms with van der Waals surface area (Å²) in [6, 6.07) is 3.08. The van der Waals surface area contributed by atoms with Gasteiger partial charge in [-0.05, 0) is 61.4 Å². The minimum Gasteiger partial charge on any atom is -0.316 e. The van der Waals surface area contributed by atoms with E-state index in [9.17, 15) is 8.78 Å². The topological polar surface area (TPSA) is 12.0 Å². The largest absolute Gasteiger partial charge is 0.316 e. The Bertz CT molecular complexity index is 458. The summed E-state index contributed by atoms with van der Waals surface area (Å²) in [7, 11) is 1.93. The fraction of sp³-hybridized carbons (Fsp3) is 0.600. The highest BCUT2D eigenvalue weighted by Gasteiger charge is 2.50. The highest BCUT2D eigenvalue weighted by Crippen LogP contribution is 2.55. The zero-order valence-electron chi connectivity index (χ0n) is 11.5. The van der Waals surface area contributed by atoms with Crippen LogP contribution in [0.25, 0.3) is 0 Å². The number of benzene rings is 1. The van der Waals surface area contributed by atoms with Gasteiger partial charge in [0.05, 0.1) is 0 Å². The maximum Gasteiger partial charge on any atom is 0.127 e. The van der Waals surface area contributed by atoms with Crippen molar-refractivity contribution in [2.45, 2.75) is 45.6 Å². The Morgan fingerprint density at radius 3 is 2.56 bits per heavy atom. The molecule has 0 heterocycles. The molecule has 0 spiro atoms. The first kappa shape index (κ1) is 13.5. The maximum absolute atomic E-state index is 14.0. The van der Waals surface area contributed by atoms with Crippen LogP contribution < -0.4 is 5.32 Å². The Hall–Kier alpha value is -0.960. The van der Waals surface area contributed by atoms with Crippen LogP contribution in [0.3, 0.4) is 0 Å². The smallest absolute Gasteiger partial charge is 0.127 e. The predicted molar refractivity (Wildman–Crippen MR) is 69.7 cm³/mol. The molecule has 0 saturated heterocycles. The van der Waals surface area contributed by atoms with Crippen molar-refractivity contribution in [1.82, 2.24) is 5.32 Å². The van der Waals surface area contributed by atoms with E-state index >= 15 is 0 Å². The van der Waals surface area contributed by atoms with E-state index in [2.05, 4.69) is 19.2 Å². The maximum atomic E-state index is 14.0. The number of rotatable bonds is 3. The number of halogens is 2. The van der Waals surface area contributed by atoms with Gasteiger partial charge in [-0.1, -0.05) is 13.8 Å². The monoisotopic (exact) mass is 253 g/mol. The van der Waals surface area contributed by atoms with Crippen LogP contribution in [-0.2, 0) is 0 Å². The summed E-state index contributed by atoms with van der Waals surface area (Å²) < 4.78 is 27.7. The lowest BCUT2D eigenvalue weighted by atomic mass is 9.54. The standard InChI is InChI=1S/C15H21F2N/c1-5-15(3)11(8-14(15)18-4)10-7-12(16)9(2)6-13(10)17/h6-7,11,14,18H,5,8H2,1-4H3. The van der Waals surface area contributed by atoms with Gasteiger partial charge < -0.3 is 5.32 Å². The molecule has 1 N–H and O–H groups in total.